The van der Waals surface area contributed by atoms with Crippen LogP contribution < -0.4 is 10.2 Å². The fraction of sp³-hybridized carbons (Fsp3) is 0.148. The second-order valence-corrected chi connectivity index (χ2v) is 10.1. The first-order valence-corrected chi connectivity index (χ1v) is 12.4. The van der Waals surface area contributed by atoms with E-state index in [0.717, 1.165) is 16.7 Å². The summed E-state index contributed by atoms with van der Waals surface area (Å²) in [7, 11) is 0. The smallest absolute Gasteiger partial charge is 0.269 e. The third-order valence-corrected chi connectivity index (χ3v) is 7.68. The lowest BCUT2D eigenvalue weighted by molar-refractivity contribution is -0.117. The molecule has 0 bridgehead atoms. The number of carbonyl (C=O) groups is 2. The number of aryl methyl sites for hydroxylation is 2. The normalized spacial score (nSPS) is 16.7. The summed E-state index contributed by atoms with van der Waals surface area (Å²) >= 11 is 13.7. The lowest BCUT2D eigenvalue weighted by atomic mass is 10.1. The van der Waals surface area contributed by atoms with Crippen molar-refractivity contribution in [1.29, 1.82) is 5.26 Å². The van der Waals surface area contributed by atoms with Crippen molar-refractivity contribution in [2.24, 2.45) is 0 Å². The Hall–Kier alpha value is -3.24. The molecule has 0 aliphatic carbocycles. The van der Waals surface area contributed by atoms with Gasteiger partial charge in [0, 0.05) is 21.4 Å². The van der Waals surface area contributed by atoms with Crippen LogP contribution in [0.2, 0.25) is 10.0 Å². The molecular weight excluding hydrogens is 501 g/mol. The predicted molar refractivity (Wildman–Crippen MR) is 143 cm³/mol. The summed E-state index contributed by atoms with van der Waals surface area (Å²) in [5.74, 6) is -0.811. The highest BCUT2D eigenvalue weighted by atomic mass is 35.5. The van der Waals surface area contributed by atoms with Gasteiger partial charge >= 0.3 is 0 Å². The highest BCUT2D eigenvalue weighted by Crippen LogP contribution is 2.42. The Morgan fingerprint density at radius 1 is 1.03 bits per heavy atom. The maximum atomic E-state index is 13.5. The SMILES string of the molecule is Cc1ccc(C[C@H]2S/C(=C(/C#N)C(=O)Nc3ccc(C)c(Cl)c3)N(c3ccccc3)C2=O)cc1Cl. The highest BCUT2D eigenvalue weighted by molar-refractivity contribution is 8.05. The second kappa shape index (κ2) is 10.6. The topological polar surface area (TPSA) is 73.2 Å². The van der Waals surface area contributed by atoms with E-state index in [1.54, 1.807) is 42.5 Å². The van der Waals surface area contributed by atoms with Crippen LogP contribution in [0.1, 0.15) is 16.7 Å². The molecule has 35 heavy (non-hydrogen) atoms. The molecule has 8 heteroatoms. The fourth-order valence-corrected chi connectivity index (χ4v) is 5.33. The van der Waals surface area contributed by atoms with Crippen molar-refractivity contribution in [3.05, 3.63) is 104 Å². The number of nitrogens with zero attached hydrogens (tertiary/aromatic N) is 2. The summed E-state index contributed by atoms with van der Waals surface area (Å²) in [5, 5.41) is 13.6. The molecule has 1 heterocycles. The first-order valence-electron chi connectivity index (χ1n) is 10.8. The van der Waals surface area contributed by atoms with Crippen molar-refractivity contribution < 1.29 is 9.59 Å². The number of para-hydroxylation sites is 1. The van der Waals surface area contributed by atoms with Crippen LogP contribution in [0.4, 0.5) is 11.4 Å². The Kier molecular flexibility index (Phi) is 7.51. The standard InChI is InChI=1S/C27H21Cl2N3O2S/c1-16-8-10-18(12-22(16)28)13-24-26(34)32(20-6-4-3-5-7-20)27(35-24)21(15-30)25(33)31-19-11-9-17(2)23(29)14-19/h3-12,14,24H,13H2,1-2H3,(H,31,33)/b27-21-/t24-/m1/s1. The van der Waals surface area contributed by atoms with Gasteiger partial charge < -0.3 is 5.32 Å². The Balaban J connectivity index is 1.71. The Morgan fingerprint density at radius 3 is 2.31 bits per heavy atom. The van der Waals surface area contributed by atoms with Crippen molar-refractivity contribution in [2.45, 2.75) is 25.5 Å². The molecule has 2 amide bonds. The van der Waals surface area contributed by atoms with Gasteiger partial charge in [-0.2, -0.15) is 5.26 Å². The molecular formula is C27H21Cl2N3O2S. The van der Waals surface area contributed by atoms with Crippen LogP contribution in [0.15, 0.2) is 77.3 Å². The largest absolute Gasteiger partial charge is 0.321 e. The number of benzene rings is 3. The molecule has 5 nitrogen and oxygen atoms in total. The zero-order valence-corrected chi connectivity index (χ0v) is 21.3. The lowest BCUT2D eigenvalue weighted by Gasteiger charge is -2.18. The molecule has 1 aliphatic heterocycles. The van der Waals surface area contributed by atoms with Gasteiger partial charge in [-0.1, -0.05) is 71.4 Å². The van der Waals surface area contributed by atoms with Gasteiger partial charge in [0.15, 0.2) is 0 Å². The molecule has 0 radical (unpaired) electrons. The molecule has 0 aromatic heterocycles. The van der Waals surface area contributed by atoms with Crippen molar-refractivity contribution >= 4 is 58.2 Å². The summed E-state index contributed by atoms with van der Waals surface area (Å²) < 4.78 is 0. The van der Waals surface area contributed by atoms with Gasteiger partial charge in [0.2, 0.25) is 5.91 Å². The molecule has 1 atom stereocenters. The van der Waals surface area contributed by atoms with Crippen LogP contribution >= 0.6 is 35.0 Å². The zero-order chi connectivity index (χ0) is 25.1. The van der Waals surface area contributed by atoms with Gasteiger partial charge in [0.25, 0.3) is 5.91 Å². The minimum absolute atomic E-state index is 0.145. The number of amides is 2. The van der Waals surface area contributed by atoms with Crippen molar-refractivity contribution in [1.82, 2.24) is 0 Å². The van der Waals surface area contributed by atoms with E-state index in [4.69, 9.17) is 23.2 Å². The summed E-state index contributed by atoms with van der Waals surface area (Å²) in [5.41, 5.74) is 3.63. The van der Waals surface area contributed by atoms with Crippen molar-refractivity contribution in [3.8, 4) is 6.07 Å². The van der Waals surface area contributed by atoms with Gasteiger partial charge in [0.05, 0.1) is 5.25 Å². The average Bonchev–Trinajstić information content (AvgIpc) is 3.15. The third-order valence-electron chi connectivity index (χ3n) is 5.61. The zero-order valence-electron chi connectivity index (χ0n) is 19.0. The van der Waals surface area contributed by atoms with E-state index in [1.165, 1.54) is 16.7 Å². The molecule has 0 saturated carbocycles. The van der Waals surface area contributed by atoms with E-state index < -0.39 is 11.2 Å². The van der Waals surface area contributed by atoms with Crippen LogP contribution in [0, 0.1) is 25.2 Å². The van der Waals surface area contributed by atoms with E-state index in [0.29, 0.717) is 32.9 Å². The number of hydrogen-bond donors (Lipinski definition) is 1. The van der Waals surface area contributed by atoms with Gasteiger partial charge in [-0.25, -0.2) is 0 Å². The predicted octanol–water partition coefficient (Wildman–Crippen LogP) is 6.68. The third kappa shape index (κ3) is 5.38. The number of anilines is 2. The van der Waals surface area contributed by atoms with E-state index in [2.05, 4.69) is 5.32 Å². The number of rotatable bonds is 5. The maximum Gasteiger partial charge on any atom is 0.269 e. The van der Waals surface area contributed by atoms with Gasteiger partial charge in [-0.05, 0) is 67.3 Å². The molecule has 1 aliphatic rings. The number of nitriles is 1. The van der Waals surface area contributed by atoms with Crippen molar-refractivity contribution in [3.63, 3.8) is 0 Å². The minimum atomic E-state index is -0.609. The van der Waals surface area contributed by atoms with Crippen LogP contribution in [0.5, 0.6) is 0 Å². The van der Waals surface area contributed by atoms with E-state index >= 15 is 0 Å². The summed E-state index contributed by atoms with van der Waals surface area (Å²) in [6, 6.07) is 21.8. The Labute approximate surface area is 218 Å². The molecule has 176 valence electrons. The lowest BCUT2D eigenvalue weighted by Crippen LogP contribution is -2.30. The molecule has 1 N–H and O–H groups in total. The number of nitrogens with one attached hydrogen (secondary N) is 1. The van der Waals surface area contributed by atoms with Crippen molar-refractivity contribution in [2.75, 3.05) is 10.2 Å². The van der Waals surface area contributed by atoms with Gasteiger partial charge in [-0.3, -0.25) is 14.5 Å². The molecule has 0 spiro atoms. The van der Waals surface area contributed by atoms with Gasteiger partial charge in [-0.15, -0.1) is 0 Å². The molecule has 3 aromatic carbocycles. The Bertz CT molecular complexity index is 1380. The van der Waals surface area contributed by atoms with Crippen LogP contribution in [0.25, 0.3) is 0 Å². The maximum absolute atomic E-state index is 13.5. The molecule has 1 fully saturated rings. The summed E-state index contributed by atoms with van der Waals surface area (Å²) in [6.07, 6.45) is 0.407. The van der Waals surface area contributed by atoms with Crippen LogP contribution in [0.3, 0.4) is 0 Å². The quantitative estimate of drug-likeness (QED) is 0.300. The van der Waals surface area contributed by atoms with E-state index in [-0.39, 0.29) is 11.5 Å². The first kappa shape index (κ1) is 24.9. The fourth-order valence-electron chi connectivity index (χ4n) is 3.64. The monoisotopic (exact) mass is 521 g/mol. The summed E-state index contributed by atoms with van der Waals surface area (Å²) in [4.78, 5) is 28.1. The van der Waals surface area contributed by atoms with Crippen LogP contribution in [-0.2, 0) is 16.0 Å². The molecule has 1 saturated heterocycles. The van der Waals surface area contributed by atoms with Gasteiger partial charge in [0.1, 0.15) is 16.7 Å². The summed E-state index contributed by atoms with van der Waals surface area (Å²) in [6.45, 7) is 3.77. The average molecular weight is 522 g/mol. The molecule has 3 aromatic rings. The second-order valence-electron chi connectivity index (χ2n) is 8.11. The first-order chi connectivity index (χ1) is 16.8. The Morgan fingerprint density at radius 2 is 1.69 bits per heavy atom. The molecule has 4 rings (SSSR count). The number of hydrogen-bond acceptors (Lipinski definition) is 4. The number of carbonyl (C=O) groups excluding carboxylic acids is 2. The van der Waals surface area contributed by atoms with E-state index in [1.807, 2.05) is 44.2 Å². The number of halogens is 2. The van der Waals surface area contributed by atoms with Crippen LogP contribution in [-0.4, -0.2) is 17.1 Å². The van der Waals surface area contributed by atoms with E-state index in [9.17, 15) is 14.9 Å². The number of thioether (sulfide) groups is 1. The molecule has 0 unspecified atom stereocenters. The highest BCUT2D eigenvalue weighted by Gasteiger charge is 2.40. The minimum Gasteiger partial charge on any atom is -0.321 e.